The van der Waals surface area contributed by atoms with Crippen molar-refractivity contribution in [2.24, 2.45) is 0 Å². The van der Waals surface area contributed by atoms with Crippen LogP contribution in [0.1, 0.15) is 25.0 Å². The predicted molar refractivity (Wildman–Crippen MR) is 65.5 cm³/mol. The van der Waals surface area contributed by atoms with Gasteiger partial charge in [0.2, 0.25) is 0 Å². The number of rotatable bonds is 5. The Balaban J connectivity index is 2.84. The Kier molecular flexibility index (Phi) is 4.58. The van der Waals surface area contributed by atoms with E-state index in [9.17, 15) is 5.11 Å². The smallest absolute Gasteiger partial charge is 0.119 e. The summed E-state index contributed by atoms with van der Waals surface area (Å²) in [6.07, 6.45) is 0.0472. The van der Waals surface area contributed by atoms with Crippen LogP contribution < -0.4 is 15.8 Å². The number of nitrogens with two attached hydrogens (primary N) is 1. The van der Waals surface area contributed by atoms with Gasteiger partial charge in [-0.1, -0.05) is 0 Å². The van der Waals surface area contributed by atoms with E-state index in [4.69, 9.17) is 10.5 Å². The number of nitrogens with one attached hydrogen (secondary N) is 1. The molecule has 2 atom stereocenters. The number of hydrogen-bond donors (Lipinski definition) is 3. The molecule has 0 amide bonds. The van der Waals surface area contributed by atoms with Gasteiger partial charge in [0, 0.05) is 17.3 Å². The van der Waals surface area contributed by atoms with E-state index in [0.717, 1.165) is 5.56 Å². The maximum atomic E-state index is 10.0. The highest BCUT2D eigenvalue weighted by atomic mass is 16.5. The number of methoxy groups -OCH3 is 1. The molecule has 0 fully saturated rings. The van der Waals surface area contributed by atoms with Crippen LogP contribution in [0.2, 0.25) is 0 Å². The minimum absolute atomic E-state index is 0.237. The van der Waals surface area contributed by atoms with E-state index in [1.165, 1.54) is 0 Å². The molecule has 4 nitrogen and oxygen atoms in total. The molecule has 1 rings (SSSR count). The van der Waals surface area contributed by atoms with Crippen molar-refractivity contribution in [1.29, 1.82) is 0 Å². The Hall–Kier alpha value is -1.26. The van der Waals surface area contributed by atoms with Crippen molar-refractivity contribution in [1.82, 2.24) is 5.32 Å². The van der Waals surface area contributed by atoms with Gasteiger partial charge in [0.25, 0.3) is 0 Å². The third-order valence-corrected chi connectivity index (χ3v) is 2.72. The number of benzene rings is 1. The standard InChI is InChI=1S/C12H20N2O2/c1-8(14-2)6-12(15)10-7-9(16-3)4-5-11(10)13/h4-5,7-8,12,14-15H,6,13H2,1-3H3. The fourth-order valence-electron chi connectivity index (χ4n) is 1.55. The number of nitrogen functional groups attached to an aromatic ring is 1. The molecule has 1 aromatic carbocycles. The van der Waals surface area contributed by atoms with Crippen LogP contribution >= 0.6 is 0 Å². The highest BCUT2D eigenvalue weighted by molar-refractivity contribution is 5.51. The molecule has 0 aliphatic rings. The van der Waals surface area contributed by atoms with Crippen LogP contribution in [0.5, 0.6) is 5.75 Å². The molecule has 0 aliphatic carbocycles. The lowest BCUT2D eigenvalue weighted by atomic mass is 10.0. The van der Waals surface area contributed by atoms with Crippen molar-refractivity contribution in [3.63, 3.8) is 0 Å². The summed E-state index contributed by atoms with van der Waals surface area (Å²) in [6.45, 7) is 2.01. The summed E-state index contributed by atoms with van der Waals surface area (Å²) in [5, 5.41) is 13.1. The SMILES string of the molecule is CNC(C)CC(O)c1cc(OC)ccc1N. The average molecular weight is 224 g/mol. The van der Waals surface area contributed by atoms with Gasteiger partial charge < -0.3 is 20.9 Å². The van der Waals surface area contributed by atoms with Crippen LogP contribution in [0.15, 0.2) is 18.2 Å². The quantitative estimate of drug-likeness (QED) is 0.660. The molecule has 1 aromatic rings. The van der Waals surface area contributed by atoms with Crippen LogP contribution in [-0.4, -0.2) is 25.3 Å². The van der Waals surface area contributed by atoms with Crippen molar-refractivity contribution in [3.05, 3.63) is 23.8 Å². The molecule has 0 spiro atoms. The van der Waals surface area contributed by atoms with Crippen molar-refractivity contribution in [2.45, 2.75) is 25.5 Å². The fraction of sp³-hybridized carbons (Fsp3) is 0.500. The molecule has 4 heteroatoms. The van der Waals surface area contributed by atoms with Gasteiger partial charge in [0.15, 0.2) is 0 Å². The zero-order valence-electron chi connectivity index (χ0n) is 10.0. The summed E-state index contributed by atoms with van der Waals surface area (Å²) in [5.74, 6) is 0.709. The van der Waals surface area contributed by atoms with Gasteiger partial charge >= 0.3 is 0 Å². The topological polar surface area (TPSA) is 67.5 Å². The minimum atomic E-state index is -0.572. The third-order valence-electron chi connectivity index (χ3n) is 2.72. The molecule has 2 unspecified atom stereocenters. The Labute approximate surface area is 96.4 Å². The monoisotopic (exact) mass is 224 g/mol. The zero-order valence-corrected chi connectivity index (χ0v) is 10.0. The van der Waals surface area contributed by atoms with Crippen LogP contribution in [0.25, 0.3) is 0 Å². The molecule has 4 N–H and O–H groups in total. The first-order valence-electron chi connectivity index (χ1n) is 5.37. The van der Waals surface area contributed by atoms with Gasteiger partial charge in [-0.15, -0.1) is 0 Å². The number of ether oxygens (including phenoxy) is 1. The molecular weight excluding hydrogens is 204 g/mol. The van der Waals surface area contributed by atoms with Crippen LogP contribution in [0.3, 0.4) is 0 Å². The first-order valence-corrected chi connectivity index (χ1v) is 5.37. The van der Waals surface area contributed by atoms with E-state index < -0.39 is 6.10 Å². The minimum Gasteiger partial charge on any atom is -0.497 e. The lowest BCUT2D eigenvalue weighted by Gasteiger charge is -2.18. The van der Waals surface area contributed by atoms with Gasteiger partial charge in [-0.05, 0) is 38.6 Å². The van der Waals surface area contributed by atoms with Crippen molar-refractivity contribution < 1.29 is 9.84 Å². The van der Waals surface area contributed by atoms with Gasteiger partial charge in [-0.2, -0.15) is 0 Å². The third kappa shape index (κ3) is 3.12. The Bertz CT molecular complexity index is 342. The maximum absolute atomic E-state index is 10.0. The van der Waals surface area contributed by atoms with E-state index in [-0.39, 0.29) is 6.04 Å². The summed E-state index contributed by atoms with van der Waals surface area (Å²) < 4.78 is 5.11. The highest BCUT2D eigenvalue weighted by Gasteiger charge is 2.14. The van der Waals surface area contributed by atoms with Gasteiger partial charge in [0.1, 0.15) is 5.75 Å². The normalized spacial score (nSPS) is 14.5. The van der Waals surface area contributed by atoms with E-state index in [1.807, 2.05) is 14.0 Å². The maximum Gasteiger partial charge on any atom is 0.119 e. The largest absolute Gasteiger partial charge is 0.497 e. The predicted octanol–water partition coefficient (Wildman–Crippen LogP) is 1.31. The van der Waals surface area contributed by atoms with Crippen molar-refractivity contribution in [3.8, 4) is 5.75 Å². The van der Waals surface area contributed by atoms with Crippen LogP contribution in [0.4, 0.5) is 5.69 Å². The summed E-state index contributed by atoms with van der Waals surface area (Å²) >= 11 is 0. The Morgan fingerprint density at radius 3 is 2.75 bits per heavy atom. The summed E-state index contributed by atoms with van der Waals surface area (Å²) in [7, 11) is 3.46. The molecule has 0 radical (unpaired) electrons. The summed E-state index contributed by atoms with van der Waals surface area (Å²) in [6, 6.07) is 5.55. The second kappa shape index (κ2) is 5.72. The molecule has 0 heterocycles. The summed E-state index contributed by atoms with van der Waals surface area (Å²) in [5.41, 5.74) is 7.14. The first-order chi connectivity index (χ1) is 7.58. The second-order valence-electron chi connectivity index (χ2n) is 3.94. The van der Waals surface area contributed by atoms with Gasteiger partial charge in [-0.25, -0.2) is 0 Å². The highest BCUT2D eigenvalue weighted by Crippen LogP contribution is 2.27. The number of hydrogen-bond acceptors (Lipinski definition) is 4. The second-order valence-corrected chi connectivity index (χ2v) is 3.94. The van der Waals surface area contributed by atoms with Crippen LogP contribution in [0, 0.1) is 0 Å². The molecular formula is C12H20N2O2. The Morgan fingerprint density at radius 2 is 2.19 bits per heavy atom. The Morgan fingerprint density at radius 1 is 1.50 bits per heavy atom. The molecule has 16 heavy (non-hydrogen) atoms. The molecule has 0 bridgehead atoms. The molecule has 0 saturated heterocycles. The van der Waals surface area contributed by atoms with E-state index >= 15 is 0 Å². The van der Waals surface area contributed by atoms with Crippen LogP contribution in [-0.2, 0) is 0 Å². The fourth-order valence-corrected chi connectivity index (χ4v) is 1.55. The number of aliphatic hydroxyl groups excluding tert-OH is 1. The summed E-state index contributed by atoms with van der Waals surface area (Å²) in [4.78, 5) is 0. The lowest BCUT2D eigenvalue weighted by molar-refractivity contribution is 0.156. The van der Waals surface area contributed by atoms with Gasteiger partial charge in [0.05, 0.1) is 13.2 Å². The molecule has 0 aromatic heterocycles. The van der Waals surface area contributed by atoms with E-state index in [2.05, 4.69) is 5.32 Å². The van der Waals surface area contributed by atoms with Crippen molar-refractivity contribution >= 4 is 5.69 Å². The number of aliphatic hydroxyl groups is 1. The zero-order chi connectivity index (χ0) is 12.1. The molecule has 90 valence electrons. The van der Waals surface area contributed by atoms with Crippen molar-refractivity contribution in [2.75, 3.05) is 19.9 Å². The lowest BCUT2D eigenvalue weighted by Crippen LogP contribution is -2.23. The molecule has 0 aliphatic heterocycles. The average Bonchev–Trinajstić information content (AvgIpc) is 2.29. The van der Waals surface area contributed by atoms with E-state index in [0.29, 0.717) is 17.9 Å². The first kappa shape index (κ1) is 12.8. The molecule has 0 saturated carbocycles. The number of anilines is 1. The van der Waals surface area contributed by atoms with E-state index in [1.54, 1.807) is 25.3 Å². The van der Waals surface area contributed by atoms with Gasteiger partial charge in [-0.3, -0.25) is 0 Å².